The molecule has 0 unspecified atom stereocenters. The number of nitrogen functional groups attached to an aromatic ring is 1. The van der Waals surface area contributed by atoms with E-state index in [4.69, 9.17) is 28.9 Å². The minimum absolute atomic E-state index is 0.0674. The first-order valence-corrected chi connectivity index (χ1v) is 5.28. The zero-order chi connectivity index (χ0) is 10.7. The monoisotopic (exact) mass is 233 g/mol. The minimum atomic E-state index is -0.0674. The summed E-state index contributed by atoms with van der Waals surface area (Å²) in [7, 11) is 0. The van der Waals surface area contributed by atoms with E-state index in [0.717, 1.165) is 24.8 Å². The average Bonchev–Trinajstić information content (AvgIpc) is 2.14. The van der Waals surface area contributed by atoms with Crippen molar-refractivity contribution in [2.45, 2.75) is 26.2 Å². The van der Waals surface area contributed by atoms with Gasteiger partial charge in [0, 0.05) is 5.02 Å². The van der Waals surface area contributed by atoms with E-state index in [2.05, 4.69) is 6.92 Å². The van der Waals surface area contributed by atoms with E-state index in [0.29, 0.717) is 5.02 Å². The Kier molecular flexibility index (Phi) is 3.90. The van der Waals surface area contributed by atoms with E-state index >= 15 is 0 Å². The molecular formula is C10H13Cl2NO. The van der Waals surface area contributed by atoms with Gasteiger partial charge in [-0.15, -0.1) is 0 Å². The number of halogens is 2. The van der Waals surface area contributed by atoms with Crippen molar-refractivity contribution < 1.29 is 5.11 Å². The van der Waals surface area contributed by atoms with Gasteiger partial charge >= 0.3 is 0 Å². The molecule has 1 aromatic rings. The van der Waals surface area contributed by atoms with Crippen LogP contribution in [0.1, 0.15) is 25.3 Å². The summed E-state index contributed by atoms with van der Waals surface area (Å²) < 4.78 is 0. The SMILES string of the molecule is CCCCc1c(Cl)cc(N)c(O)c1Cl. The highest BCUT2D eigenvalue weighted by atomic mass is 35.5. The Morgan fingerprint density at radius 2 is 2.07 bits per heavy atom. The molecule has 14 heavy (non-hydrogen) atoms. The van der Waals surface area contributed by atoms with Crippen molar-refractivity contribution in [2.75, 3.05) is 5.73 Å². The lowest BCUT2D eigenvalue weighted by Crippen LogP contribution is -1.93. The molecule has 3 N–H and O–H groups in total. The molecule has 78 valence electrons. The van der Waals surface area contributed by atoms with Gasteiger partial charge in [-0.3, -0.25) is 0 Å². The zero-order valence-electron chi connectivity index (χ0n) is 7.98. The molecule has 0 heterocycles. The normalized spacial score (nSPS) is 10.5. The maximum Gasteiger partial charge on any atom is 0.157 e. The van der Waals surface area contributed by atoms with Crippen molar-refractivity contribution >= 4 is 28.9 Å². The summed E-state index contributed by atoms with van der Waals surface area (Å²) in [5.74, 6) is -0.0674. The number of phenols is 1. The Balaban J connectivity index is 3.09. The van der Waals surface area contributed by atoms with Gasteiger partial charge in [-0.25, -0.2) is 0 Å². The molecule has 0 aromatic heterocycles. The summed E-state index contributed by atoms with van der Waals surface area (Å²) >= 11 is 11.9. The van der Waals surface area contributed by atoms with Crippen LogP contribution in [0.5, 0.6) is 5.75 Å². The third-order valence-electron chi connectivity index (χ3n) is 2.10. The van der Waals surface area contributed by atoms with Crippen molar-refractivity contribution in [3.63, 3.8) is 0 Å². The number of hydrogen-bond donors (Lipinski definition) is 2. The first kappa shape index (κ1) is 11.5. The molecule has 4 heteroatoms. The first-order valence-electron chi connectivity index (χ1n) is 4.53. The van der Waals surface area contributed by atoms with Crippen LogP contribution in [0.2, 0.25) is 10.0 Å². The number of benzene rings is 1. The third-order valence-corrected chi connectivity index (χ3v) is 2.84. The second-order valence-electron chi connectivity index (χ2n) is 3.19. The highest BCUT2D eigenvalue weighted by molar-refractivity contribution is 6.37. The maximum atomic E-state index is 9.50. The summed E-state index contributed by atoms with van der Waals surface area (Å²) in [6, 6.07) is 1.54. The molecule has 0 aliphatic carbocycles. The number of unbranched alkanes of at least 4 members (excludes halogenated alkanes) is 1. The van der Waals surface area contributed by atoms with Gasteiger partial charge in [0.15, 0.2) is 5.75 Å². The number of hydrogen-bond acceptors (Lipinski definition) is 2. The molecular weight excluding hydrogens is 221 g/mol. The number of anilines is 1. The van der Waals surface area contributed by atoms with E-state index < -0.39 is 0 Å². The molecule has 0 aliphatic rings. The Hall–Kier alpha value is -0.600. The van der Waals surface area contributed by atoms with Crippen LogP contribution < -0.4 is 5.73 Å². The van der Waals surface area contributed by atoms with E-state index in [-0.39, 0.29) is 16.5 Å². The lowest BCUT2D eigenvalue weighted by atomic mass is 10.1. The van der Waals surface area contributed by atoms with Crippen LogP contribution in [0.25, 0.3) is 0 Å². The van der Waals surface area contributed by atoms with Gasteiger partial charge in [0.2, 0.25) is 0 Å². The standard InChI is InChI=1S/C10H13Cl2NO/c1-2-3-4-6-7(11)5-8(13)10(14)9(6)12/h5,14H,2-4,13H2,1H3. The summed E-state index contributed by atoms with van der Waals surface area (Å²) in [4.78, 5) is 0. The van der Waals surface area contributed by atoms with Crippen LogP contribution in [0.4, 0.5) is 5.69 Å². The Morgan fingerprint density at radius 3 is 2.64 bits per heavy atom. The number of aromatic hydroxyl groups is 1. The molecule has 0 saturated carbocycles. The molecule has 0 spiro atoms. The largest absolute Gasteiger partial charge is 0.504 e. The Bertz CT molecular complexity index is 339. The van der Waals surface area contributed by atoms with Crippen LogP contribution in [0.3, 0.4) is 0 Å². The summed E-state index contributed by atoms with van der Waals surface area (Å²) in [6.07, 6.45) is 2.81. The van der Waals surface area contributed by atoms with Crippen molar-refractivity contribution in [1.29, 1.82) is 0 Å². The van der Waals surface area contributed by atoms with Gasteiger partial charge in [-0.1, -0.05) is 36.5 Å². The molecule has 0 amide bonds. The number of rotatable bonds is 3. The van der Waals surface area contributed by atoms with Crippen molar-refractivity contribution in [3.05, 3.63) is 21.7 Å². The summed E-state index contributed by atoms with van der Waals surface area (Å²) in [5.41, 5.74) is 6.50. The smallest absolute Gasteiger partial charge is 0.157 e. The summed E-state index contributed by atoms with van der Waals surface area (Å²) in [6.45, 7) is 2.08. The second kappa shape index (κ2) is 4.76. The minimum Gasteiger partial charge on any atom is -0.504 e. The average molecular weight is 234 g/mol. The van der Waals surface area contributed by atoms with Crippen molar-refractivity contribution in [2.24, 2.45) is 0 Å². The van der Waals surface area contributed by atoms with E-state index in [9.17, 15) is 5.11 Å². The fraction of sp³-hybridized carbons (Fsp3) is 0.400. The van der Waals surface area contributed by atoms with Gasteiger partial charge in [-0.2, -0.15) is 0 Å². The molecule has 0 atom stereocenters. The van der Waals surface area contributed by atoms with Crippen LogP contribution in [-0.4, -0.2) is 5.11 Å². The molecule has 0 saturated heterocycles. The molecule has 0 aliphatic heterocycles. The van der Waals surface area contributed by atoms with E-state index in [1.807, 2.05) is 0 Å². The molecule has 0 bridgehead atoms. The van der Waals surface area contributed by atoms with Gasteiger partial charge in [0.05, 0.1) is 10.7 Å². The van der Waals surface area contributed by atoms with Gasteiger partial charge in [-0.05, 0) is 24.5 Å². The molecule has 2 nitrogen and oxygen atoms in total. The molecule has 0 radical (unpaired) electrons. The van der Waals surface area contributed by atoms with Crippen molar-refractivity contribution in [3.8, 4) is 5.75 Å². The van der Waals surface area contributed by atoms with Gasteiger partial charge in [0.1, 0.15) is 0 Å². The van der Waals surface area contributed by atoms with Crippen LogP contribution in [-0.2, 0) is 6.42 Å². The van der Waals surface area contributed by atoms with Crippen LogP contribution in [0.15, 0.2) is 6.07 Å². The topological polar surface area (TPSA) is 46.2 Å². The Labute approximate surface area is 93.6 Å². The lowest BCUT2D eigenvalue weighted by molar-refractivity contribution is 0.477. The summed E-state index contributed by atoms with van der Waals surface area (Å²) in [5, 5.41) is 10.3. The zero-order valence-corrected chi connectivity index (χ0v) is 9.49. The molecule has 1 rings (SSSR count). The first-order chi connectivity index (χ1) is 6.57. The predicted octanol–water partition coefficient (Wildman–Crippen LogP) is 3.62. The van der Waals surface area contributed by atoms with Gasteiger partial charge in [0.25, 0.3) is 0 Å². The Morgan fingerprint density at radius 1 is 1.43 bits per heavy atom. The number of phenolic OH excluding ortho intramolecular Hbond substituents is 1. The van der Waals surface area contributed by atoms with Gasteiger partial charge < -0.3 is 10.8 Å². The maximum absolute atomic E-state index is 9.50. The highest BCUT2D eigenvalue weighted by Gasteiger charge is 2.12. The van der Waals surface area contributed by atoms with Crippen molar-refractivity contribution in [1.82, 2.24) is 0 Å². The number of nitrogens with two attached hydrogens (primary N) is 1. The third kappa shape index (κ3) is 2.25. The lowest BCUT2D eigenvalue weighted by Gasteiger charge is -2.09. The van der Waals surface area contributed by atoms with E-state index in [1.54, 1.807) is 0 Å². The predicted molar refractivity (Wildman–Crippen MR) is 61.2 cm³/mol. The second-order valence-corrected chi connectivity index (χ2v) is 3.98. The van der Waals surface area contributed by atoms with E-state index in [1.165, 1.54) is 6.07 Å². The molecule has 1 aromatic carbocycles. The fourth-order valence-corrected chi connectivity index (χ4v) is 1.91. The fourth-order valence-electron chi connectivity index (χ4n) is 1.25. The quantitative estimate of drug-likeness (QED) is 0.619. The highest BCUT2D eigenvalue weighted by Crippen LogP contribution is 2.38. The molecule has 0 fully saturated rings. The van der Waals surface area contributed by atoms with Crippen LogP contribution >= 0.6 is 23.2 Å². The van der Waals surface area contributed by atoms with Crippen LogP contribution in [0, 0.1) is 0 Å².